The molecule has 0 saturated carbocycles. The molecule has 0 aliphatic carbocycles. The molecule has 1 aromatic heterocycles. The summed E-state index contributed by atoms with van der Waals surface area (Å²) in [7, 11) is 3.53. The van der Waals surface area contributed by atoms with Crippen LogP contribution in [-0.2, 0) is 11.3 Å². The molecular weight excluding hydrogens is 464 g/mol. The third kappa shape index (κ3) is 6.94. The van der Waals surface area contributed by atoms with Gasteiger partial charge in [0.1, 0.15) is 23.0 Å². The molecule has 0 spiro atoms. The Labute approximate surface area is 210 Å². The highest BCUT2D eigenvalue weighted by Crippen LogP contribution is 2.28. The molecule has 0 saturated heterocycles. The molecule has 180 valence electrons. The number of aromatic nitrogens is 1. The third-order valence-electron chi connectivity index (χ3n) is 5.06. The van der Waals surface area contributed by atoms with Crippen molar-refractivity contribution in [3.8, 4) is 11.5 Å². The van der Waals surface area contributed by atoms with Gasteiger partial charge in [0.05, 0.1) is 0 Å². The molecule has 3 rings (SSSR count). The maximum atomic E-state index is 12.8. The van der Waals surface area contributed by atoms with Crippen molar-refractivity contribution >= 4 is 29.2 Å². The molecule has 1 heterocycles. The Morgan fingerprint density at radius 3 is 2.63 bits per heavy atom. The van der Waals surface area contributed by atoms with Crippen LogP contribution in [0, 0.1) is 6.92 Å². The van der Waals surface area contributed by atoms with Gasteiger partial charge < -0.3 is 20.3 Å². The van der Waals surface area contributed by atoms with Crippen LogP contribution in [-0.4, -0.2) is 35.8 Å². The lowest BCUT2D eigenvalue weighted by atomic mass is 10.1. The summed E-state index contributed by atoms with van der Waals surface area (Å²) in [5.74, 6) is 0.769. The lowest BCUT2D eigenvalue weighted by molar-refractivity contribution is -0.114. The largest absolute Gasteiger partial charge is 0.457 e. The zero-order valence-electron chi connectivity index (χ0n) is 19.8. The van der Waals surface area contributed by atoms with Crippen LogP contribution in [0.3, 0.4) is 0 Å². The molecule has 2 amide bonds. The summed E-state index contributed by atoms with van der Waals surface area (Å²) in [6.45, 7) is 5.81. The van der Waals surface area contributed by atoms with Crippen LogP contribution < -0.4 is 15.4 Å². The number of pyridine rings is 1. The van der Waals surface area contributed by atoms with E-state index < -0.39 is 0 Å². The highest BCUT2D eigenvalue weighted by atomic mass is 35.5. The first-order valence-corrected chi connectivity index (χ1v) is 11.2. The van der Waals surface area contributed by atoms with Gasteiger partial charge in [-0.25, -0.2) is 4.98 Å². The average molecular weight is 491 g/mol. The van der Waals surface area contributed by atoms with E-state index in [-0.39, 0.29) is 11.8 Å². The van der Waals surface area contributed by atoms with Gasteiger partial charge in [0.25, 0.3) is 11.8 Å². The number of allylic oxidation sites excluding steroid dienone is 2. The van der Waals surface area contributed by atoms with Crippen molar-refractivity contribution in [2.75, 3.05) is 19.4 Å². The second kappa shape index (κ2) is 11.9. The second-order valence-corrected chi connectivity index (χ2v) is 8.29. The Morgan fingerprint density at radius 1 is 1.14 bits per heavy atom. The SMILES string of the molecule is C=C/C=C(/C(=O)Nc1cc(Oc2cccc(C(=O)NCc3cccc(Cl)c3)c2C)ccn1)N(C)C. The van der Waals surface area contributed by atoms with Crippen molar-refractivity contribution in [2.24, 2.45) is 0 Å². The number of rotatable bonds is 9. The normalized spacial score (nSPS) is 10.9. The van der Waals surface area contributed by atoms with E-state index >= 15 is 0 Å². The molecule has 2 aromatic carbocycles. The Kier molecular flexibility index (Phi) is 8.64. The number of ether oxygens (including phenoxy) is 1. The van der Waals surface area contributed by atoms with Crippen molar-refractivity contribution < 1.29 is 14.3 Å². The molecule has 3 aromatic rings. The molecule has 35 heavy (non-hydrogen) atoms. The summed E-state index contributed by atoms with van der Waals surface area (Å²) >= 11 is 6.02. The van der Waals surface area contributed by atoms with E-state index in [4.69, 9.17) is 16.3 Å². The molecule has 8 heteroatoms. The first-order chi connectivity index (χ1) is 16.8. The van der Waals surface area contributed by atoms with Crippen LogP contribution in [0.25, 0.3) is 0 Å². The minimum atomic E-state index is -0.325. The monoisotopic (exact) mass is 490 g/mol. The topological polar surface area (TPSA) is 83.6 Å². The molecule has 0 aliphatic heterocycles. The number of nitrogens with zero attached hydrogens (tertiary/aromatic N) is 2. The number of amides is 2. The number of anilines is 1. The summed E-state index contributed by atoms with van der Waals surface area (Å²) in [5.41, 5.74) is 2.52. The van der Waals surface area contributed by atoms with Crippen molar-refractivity contribution in [1.29, 1.82) is 0 Å². The Balaban J connectivity index is 1.72. The van der Waals surface area contributed by atoms with E-state index in [1.54, 1.807) is 67.5 Å². The second-order valence-electron chi connectivity index (χ2n) is 7.86. The van der Waals surface area contributed by atoms with E-state index in [0.717, 1.165) is 5.56 Å². The van der Waals surface area contributed by atoms with Crippen molar-refractivity contribution in [2.45, 2.75) is 13.5 Å². The Bertz CT molecular complexity index is 1270. The number of benzene rings is 2. The summed E-state index contributed by atoms with van der Waals surface area (Å²) < 4.78 is 6.03. The summed E-state index contributed by atoms with van der Waals surface area (Å²) in [5, 5.41) is 6.28. The predicted molar refractivity (Wildman–Crippen MR) is 139 cm³/mol. The lowest BCUT2D eigenvalue weighted by Crippen LogP contribution is -2.25. The Morgan fingerprint density at radius 2 is 1.91 bits per heavy atom. The molecular formula is C27H27ClN4O3. The first-order valence-electron chi connectivity index (χ1n) is 10.9. The standard InChI is InChI=1S/C27H27ClN4O3/c1-5-8-23(32(3)4)27(34)31-25-16-21(13-14-29-25)35-24-12-7-11-22(18(24)2)26(33)30-17-19-9-6-10-20(28)15-19/h5-16H,1,17H2,2-4H3,(H,30,33)(H,29,31,34)/b23-8-. The van der Waals surface area contributed by atoms with Gasteiger partial charge in [-0.05, 0) is 48.9 Å². The fourth-order valence-electron chi connectivity index (χ4n) is 3.29. The molecule has 0 atom stereocenters. The summed E-state index contributed by atoms with van der Waals surface area (Å²) in [6.07, 6.45) is 4.69. The zero-order valence-corrected chi connectivity index (χ0v) is 20.6. The van der Waals surface area contributed by atoms with Gasteiger partial charge in [-0.2, -0.15) is 0 Å². The van der Waals surface area contributed by atoms with Gasteiger partial charge in [0.2, 0.25) is 0 Å². The smallest absolute Gasteiger partial charge is 0.273 e. The van der Waals surface area contributed by atoms with Gasteiger partial charge in [-0.3, -0.25) is 9.59 Å². The number of carbonyl (C=O) groups is 2. The Hall–Kier alpha value is -4.10. The molecule has 0 fully saturated rings. The van der Waals surface area contributed by atoms with E-state index in [0.29, 0.717) is 45.7 Å². The maximum Gasteiger partial charge on any atom is 0.273 e. The van der Waals surface area contributed by atoms with Crippen LogP contribution in [0.5, 0.6) is 11.5 Å². The van der Waals surface area contributed by atoms with Gasteiger partial charge in [0, 0.05) is 49.1 Å². The van der Waals surface area contributed by atoms with Crippen LogP contribution in [0.2, 0.25) is 5.02 Å². The van der Waals surface area contributed by atoms with E-state index in [1.807, 2.05) is 25.1 Å². The molecule has 0 aliphatic rings. The van der Waals surface area contributed by atoms with Gasteiger partial charge in [-0.15, -0.1) is 0 Å². The lowest BCUT2D eigenvalue weighted by Gasteiger charge is -2.16. The van der Waals surface area contributed by atoms with E-state index in [2.05, 4.69) is 22.2 Å². The number of nitrogens with one attached hydrogen (secondary N) is 2. The fourth-order valence-corrected chi connectivity index (χ4v) is 3.50. The van der Waals surface area contributed by atoms with Crippen LogP contribution in [0.15, 0.2) is 85.2 Å². The quantitative estimate of drug-likeness (QED) is 0.312. The summed E-state index contributed by atoms with van der Waals surface area (Å²) in [6, 6.07) is 15.9. The van der Waals surface area contributed by atoms with Gasteiger partial charge in [-0.1, -0.05) is 42.5 Å². The van der Waals surface area contributed by atoms with E-state index in [9.17, 15) is 9.59 Å². The molecule has 2 N–H and O–H groups in total. The molecule has 0 bridgehead atoms. The number of carbonyl (C=O) groups excluding carboxylic acids is 2. The number of halogens is 1. The van der Waals surface area contributed by atoms with Crippen LogP contribution >= 0.6 is 11.6 Å². The predicted octanol–water partition coefficient (Wildman–Crippen LogP) is 5.34. The number of likely N-dealkylation sites (N-methyl/N-ethyl adjacent to an activating group) is 1. The van der Waals surface area contributed by atoms with E-state index in [1.165, 1.54) is 6.20 Å². The summed E-state index contributed by atoms with van der Waals surface area (Å²) in [4.78, 5) is 31.2. The van der Waals surface area contributed by atoms with Gasteiger partial charge in [0.15, 0.2) is 0 Å². The number of hydrogen-bond acceptors (Lipinski definition) is 5. The van der Waals surface area contributed by atoms with Gasteiger partial charge >= 0.3 is 0 Å². The highest BCUT2D eigenvalue weighted by Gasteiger charge is 2.15. The molecule has 0 radical (unpaired) electrons. The molecule has 0 unspecified atom stereocenters. The minimum Gasteiger partial charge on any atom is -0.457 e. The third-order valence-corrected chi connectivity index (χ3v) is 5.30. The number of hydrogen-bond donors (Lipinski definition) is 2. The van der Waals surface area contributed by atoms with Crippen LogP contribution in [0.1, 0.15) is 21.5 Å². The molecule has 7 nitrogen and oxygen atoms in total. The van der Waals surface area contributed by atoms with Crippen molar-refractivity contribution in [3.05, 3.63) is 107 Å². The highest BCUT2D eigenvalue weighted by molar-refractivity contribution is 6.30. The average Bonchev–Trinajstić information content (AvgIpc) is 2.82. The van der Waals surface area contributed by atoms with Crippen molar-refractivity contribution in [3.63, 3.8) is 0 Å². The van der Waals surface area contributed by atoms with Crippen LogP contribution in [0.4, 0.5) is 5.82 Å². The minimum absolute atomic E-state index is 0.221. The maximum absolute atomic E-state index is 12.8. The first kappa shape index (κ1) is 25.5. The fraction of sp³-hybridized carbons (Fsp3) is 0.148. The van der Waals surface area contributed by atoms with Crippen molar-refractivity contribution in [1.82, 2.24) is 15.2 Å². The zero-order chi connectivity index (χ0) is 25.4.